The Morgan fingerprint density at radius 3 is 2.41 bits per heavy atom. The first-order valence-corrected chi connectivity index (χ1v) is 6.10. The predicted octanol–water partition coefficient (Wildman–Crippen LogP) is 2.06. The predicted molar refractivity (Wildman–Crippen MR) is 68.6 cm³/mol. The maximum absolute atomic E-state index is 6.08. The highest BCUT2D eigenvalue weighted by molar-refractivity contribution is 5.40. The van der Waals surface area contributed by atoms with Crippen molar-refractivity contribution in [3.8, 4) is 5.75 Å². The fourth-order valence-electron chi connectivity index (χ4n) is 2.43. The summed E-state index contributed by atoms with van der Waals surface area (Å²) in [6.07, 6.45) is 1.32. The van der Waals surface area contributed by atoms with Gasteiger partial charge in [0.2, 0.25) is 0 Å². The number of nitrogens with one attached hydrogen (secondary N) is 1. The molecule has 1 fully saturated rings. The van der Waals surface area contributed by atoms with Crippen molar-refractivity contribution in [1.29, 1.82) is 0 Å². The van der Waals surface area contributed by atoms with E-state index in [2.05, 4.69) is 37.4 Å². The summed E-state index contributed by atoms with van der Waals surface area (Å²) in [5, 5.41) is 3.24. The van der Waals surface area contributed by atoms with Gasteiger partial charge in [-0.3, -0.25) is 0 Å². The van der Waals surface area contributed by atoms with Crippen LogP contribution in [0.25, 0.3) is 0 Å². The smallest absolute Gasteiger partial charge is 0.128 e. The molecule has 0 amide bonds. The van der Waals surface area contributed by atoms with Crippen LogP contribution in [0.2, 0.25) is 0 Å². The van der Waals surface area contributed by atoms with Crippen LogP contribution in [0.4, 0.5) is 0 Å². The van der Waals surface area contributed by atoms with E-state index in [0.29, 0.717) is 6.04 Å². The normalized spacial score (nSPS) is 27.6. The van der Waals surface area contributed by atoms with Crippen molar-refractivity contribution < 1.29 is 9.47 Å². The Morgan fingerprint density at radius 1 is 1.24 bits per heavy atom. The van der Waals surface area contributed by atoms with E-state index >= 15 is 0 Å². The number of likely N-dealkylation sites (N-methyl/N-ethyl adjacent to an activating group) is 1. The first-order chi connectivity index (χ1) is 8.17. The van der Waals surface area contributed by atoms with Crippen LogP contribution >= 0.6 is 0 Å². The highest BCUT2D eigenvalue weighted by Gasteiger charge is 2.42. The van der Waals surface area contributed by atoms with Crippen molar-refractivity contribution in [2.24, 2.45) is 0 Å². The van der Waals surface area contributed by atoms with Gasteiger partial charge in [0.05, 0.1) is 0 Å². The highest BCUT2D eigenvalue weighted by atomic mass is 16.5. The lowest BCUT2D eigenvalue weighted by Gasteiger charge is -2.43. The maximum atomic E-state index is 6.08. The van der Waals surface area contributed by atoms with Crippen LogP contribution in [-0.2, 0) is 4.74 Å². The molecule has 1 N–H and O–H groups in total. The summed E-state index contributed by atoms with van der Waals surface area (Å²) in [7, 11) is 3.71. The van der Waals surface area contributed by atoms with Crippen molar-refractivity contribution in [1.82, 2.24) is 5.32 Å². The molecular formula is C14H21NO2. The molecule has 3 nitrogen and oxygen atoms in total. The SMILES string of the molecule is CNC1CC(Oc2c(C)cccc2C)C1OC. The quantitative estimate of drug-likeness (QED) is 0.866. The summed E-state index contributed by atoms with van der Waals surface area (Å²) in [5.74, 6) is 1.01. The number of ether oxygens (including phenoxy) is 2. The molecule has 0 heterocycles. The summed E-state index contributed by atoms with van der Waals surface area (Å²) >= 11 is 0. The molecule has 3 unspecified atom stereocenters. The Kier molecular flexibility index (Phi) is 3.69. The first kappa shape index (κ1) is 12.4. The number of rotatable bonds is 4. The van der Waals surface area contributed by atoms with E-state index in [1.54, 1.807) is 7.11 Å². The molecule has 0 bridgehead atoms. The number of benzene rings is 1. The molecule has 0 saturated heterocycles. The Morgan fingerprint density at radius 2 is 1.88 bits per heavy atom. The first-order valence-electron chi connectivity index (χ1n) is 6.10. The molecule has 0 radical (unpaired) electrons. The summed E-state index contributed by atoms with van der Waals surface area (Å²) in [6, 6.07) is 6.63. The minimum absolute atomic E-state index is 0.152. The minimum Gasteiger partial charge on any atom is -0.487 e. The Hall–Kier alpha value is -1.06. The zero-order chi connectivity index (χ0) is 12.4. The van der Waals surface area contributed by atoms with E-state index in [1.807, 2.05) is 7.05 Å². The zero-order valence-electron chi connectivity index (χ0n) is 11.0. The van der Waals surface area contributed by atoms with Gasteiger partial charge in [-0.1, -0.05) is 18.2 Å². The lowest BCUT2D eigenvalue weighted by Crippen LogP contribution is -2.60. The second-order valence-electron chi connectivity index (χ2n) is 4.71. The highest BCUT2D eigenvalue weighted by Crippen LogP contribution is 2.31. The standard InChI is InChI=1S/C14H21NO2/c1-9-6-5-7-10(2)13(9)17-12-8-11(15-3)14(12)16-4/h5-7,11-12,14-15H,8H2,1-4H3. The molecule has 94 valence electrons. The summed E-state index contributed by atoms with van der Waals surface area (Å²) < 4.78 is 11.5. The van der Waals surface area contributed by atoms with Crippen LogP contribution in [0.3, 0.4) is 0 Å². The van der Waals surface area contributed by atoms with E-state index in [1.165, 1.54) is 11.1 Å². The summed E-state index contributed by atoms with van der Waals surface area (Å²) in [6.45, 7) is 4.16. The van der Waals surface area contributed by atoms with Crippen LogP contribution in [-0.4, -0.2) is 32.4 Å². The lowest BCUT2D eigenvalue weighted by atomic mass is 9.85. The zero-order valence-corrected chi connectivity index (χ0v) is 11.0. The largest absolute Gasteiger partial charge is 0.487 e. The topological polar surface area (TPSA) is 30.5 Å². The number of methoxy groups -OCH3 is 1. The molecule has 1 aliphatic carbocycles. The summed E-state index contributed by atoms with van der Waals surface area (Å²) in [4.78, 5) is 0. The monoisotopic (exact) mass is 235 g/mol. The molecule has 3 heteroatoms. The van der Waals surface area contributed by atoms with Gasteiger partial charge < -0.3 is 14.8 Å². The molecule has 2 rings (SSSR count). The molecule has 0 aliphatic heterocycles. The van der Waals surface area contributed by atoms with Crippen molar-refractivity contribution in [3.05, 3.63) is 29.3 Å². The van der Waals surface area contributed by atoms with E-state index in [9.17, 15) is 0 Å². The van der Waals surface area contributed by atoms with Crippen molar-refractivity contribution in [2.75, 3.05) is 14.2 Å². The van der Waals surface area contributed by atoms with Gasteiger partial charge in [-0.2, -0.15) is 0 Å². The molecule has 3 atom stereocenters. The van der Waals surface area contributed by atoms with Crippen molar-refractivity contribution >= 4 is 0 Å². The van der Waals surface area contributed by atoms with Crippen molar-refractivity contribution in [2.45, 2.75) is 38.5 Å². The molecule has 1 aromatic rings. The van der Waals surface area contributed by atoms with E-state index in [-0.39, 0.29) is 12.2 Å². The van der Waals surface area contributed by atoms with E-state index in [4.69, 9.17) is 9.47 Å². The maximum Gasteiger partial charge on any atom is 0.128 e. The Bertz CT molecular complexity index is 372. The fraction of sp³-hybridized carbons (Fsp3) is 0.571. The second kappa shape index (κ2) is 5.07. The van der Waals surface area contributed by atoms with Crippen LogP contribution in [0.1, 0.15) is 17.5 Å². The number of hydrogen-bond acceptors (Lipinski definition) is 3. The molecule has 1 aromatic carbocycles. The van der Waals surface area contributed by atoms with Gasteiger partial charge in [0, 0.05) is 19.6 Å². The third-order valence-electron chi connectivity index (χ3n) is 3.57. The average molecular weight is 235 g/mol. The van der Waals surface area contributed by atoms with E-state index < -0.39 is 0 Å². The average Bonchev–Trinajstić information content (AvgIpc) is 2.27. The number of para-hydroxylation sites is 1. The third kappa shape index (κ3) is 2.31. The fourth-order valence-corrected chi connectivity index (χ4v) is 2.43. The molecule has 1 saturated carbocycles. The summed E-state index contributed by atoms with van der Waals surface area (Å²) in [5.41, 5.74) is 2.38. The number of aryl methyl sites for hydroxylation is 2. The molecule has 17 heavy (non-hydrogen) atoms. The van der Waals surface area contributed by atoms with Gasteiger partial charge in [-0.25, -0.2) is 0 Å². The van der Waals surface area contributed by atoms with Crippen molar-refractivity contribution in [3.63, 3.8) is 0 Å². The second-order valence-corrected chi connectivity index (χ2v) is 4.71. The van der Waals surface area contributed by atoms with Crippen LogP contribution < -0.4 is 10.1 Å². The molecule has 0 spiro atoms. The van der Waals surface area contributed by atoms with Crippen LogP contribution in [0, 0.1) is 13.8 Å². The lowest BCUT2D eigenvalue weighted by molar-refractivity contribution is -0.0873. The van der Waals surface area contributed by atoms with Gasteiger partial charge in [0.15, 0.2) is 0 Å². The number of hydrogen-bond donors (Lipinski definition) is 1. The van der Waals surface area contributed by atoms with Gasteiger partial charge in [0.1, 0.15) is 18.0 Å². The van der Waals surface area contributed by atoms with Gasteiger partial charge in [-0.05, 0) is 32.0 Å². The molecular weight excluding hydrogens is 214 g/mol. The minimum atomic E-state index is 0.152. The van der Waals surface area contributed by atoms with Gasteiger partial charge >= 0.3 is 0 Å². The van der Waals surface area contributed by atoms with Gasteiger partial charge in [0.25, 0.3) is 0 Å². The Labute approximate surface area is 103 Å². The third-order valence-corrected chi connectivity index (χ3v) is 3.57. The van der Waals surface area contributed by atoms with Crippen LogP contribution in [0.5, 0.6) is 5.75 Å². The van der Waals surface area contributed by atoms with Crippen LogP contribution in [0.15, 0.2) is 18.2 Å². The Balaban J connectivity index is 2.07. The van der Waals surface area contributed by atoms with E-state index in [0.717, 1.165) is 12.2 Å². The molecule has 0 aromatic heterocycles. The molecule has 1 aliphatic rings. The van der Waals surface area contributed by atoms with Gasteiger partial charge in [-0.15, -0.1) is 0 Å².